The Kier molecular flexibility index (Phi) is 40.2. The third kappa shape index (κ3) is 44.6. The van der Waals surface area contributed by atoms with Crippen molar-refractivity contribution in [3.8, 4) is 0 Å². The largest absolute Gasteiger partial charge is 0.381 e. The predicted octanol–water partition coefficient (Wildman–Crippen LogP) is 2.14. The summed E-state index contributed by atoms with van der Waals surface area (Å²) >= 11 is 0. The van der Waals surface area contributed by atoms with Crippen LogP contribution in [-0.2, 0) is 23.8 Å². The standard InChI is InChI=1S/C10H22N2O2.C9H19NO2.C6H15NO/c1-3-10(13)12-7-5-9-14-8-4-6-11-2;1-9(11)5-3-7-12-8-4-6-10-2;1-3-5-8-6-4-7-2/h11H,3-9H2,1-2H3,(H,12,13);10H,3-8H2,1-2H3;7H,3-6H2,1-2H3. The van der Waals surface area contributed by atoms with Gasteiger partial charge in [0.15, 0.2) is 0 Å². The summed E-state index contributed by atoms with van der Waals surface area (Å²) in [6.07, 6.45) is 6.15. The number of hydrogen-bond acceptors (Lipinski definition) is 8. The topological polar surface area (TPSA) is 110 Å². The van der Waals surface area contributed by atoms with Crippen molar-refractivity contribution in [1.82, 2.24) is 21.3 Å². The summed E-state index contributed by atoms with van der Waals surface area (Å²) in [6.45, 7) is 14.0. The smallest absolute Gasteiger partial charge is 0.219 e. The maximum atomic E-state index is 10.8. The molecule has 0 rings (SSSR count). The zero-order valence-corrected chi connectivity index (χ0v) is 23.1. The number of rotatable bonds is 22. The number of amides is 1. The summed E-state index contributed by atoms with van der Waals surface area (Å²) in [5, 5.41) is 11.9. The highest BCUT2D eigenvalue weighted by atomic mass is 16.5. The summed E-state index contributed by atoms with van der Waals surface area (Å²) in [4.78, 5) is 21.3. The molecule has 0 aliphatic rings. The third-order valence-corrected chi connectivity index (χ3v) is 4.20. The van der Waals surface area contributed by atoms with E-state index in [-0.39, 0.29) is 11.7 Å². The zero-order valence-electron chi connectivity index (χ0n) is 23.1. The van der Waals surface area contributed by atoms with Gasteiger partial charge in [-0.15, -0.1) is 0 Å². The van der Waals surface area contributed by atoms with E-state index in [4.69, 9.17) is 14.2 Å². The number of nitrogens with one attached hydrogen (secondary N) is 4. The SMILES string of the molecule is CCC(=O)NCCCOCCCNC.CCCOCCNC.CNCCCOCCCC(C)=O. The van der Waals surface area contributed by atoms with Crippen LogP contribution >= 0.6 is 0 Å². The highest BCUT2D eigenvalue weighted by Crippen LogP contribution is 1.91. The number of hydrogen-bond donors (Lipinski definition) is 4. The van der Waals surface area contributed by atoms with Gasteiger partial charge in [0.2, 0.25) is 5.91 Å². The van der Waals surface area contributed by atoms with E-state index in [1.165, 1.54) is 0 Å². The Morgan fingerprint density at radius 1 is 0.618 bits per heavy atom. The Balaban J connectivity index is -0.000000440. The van der Waals surface area contributed by atoms with Gasteiger partial charge in [0, 0.05) is 59.0 Å². The Morgan fingerprint density at radius 2 is 1.09 bits per heavy atom. The molecule has 0 fully saturated rings. The van der Waals surface area contributed by atoms with Gasteiger partial charge in [0.25, 0.3) is 0 Å². The normalized spacial score (nSPS) is 10.1. The van der Waals surface area contributed by atoms with Gasteiger partial charge >= 0.3 is 0 Å². The molecule has 9 nitrogen and oxygen atoms in total. The van der Waals surface area contributed by atoms with Gasteiger partial charge in [-0.1, -0.05) is 13.8 Å². The van der Waals surface area contributed by atoms with E-state index in [1.54, 1.807) is 6.92 Å². The van der Waals surface area contributed by atoms with Crippen molar-refractivity contribution in [3.05, 3.63) is 0 Å². The van der Waals surface area contributed by atoms with E-state index in [2.05, 4.69) is 28.2 Å². The van der Waals surface area contributed by atoms with Crippen LogP contribution < -0.4 is 21.3 Å². The maximum absolute atomic E-state index is 10.8. The number of ketones is 1. The molecule has 0 radical (unpaired) electrons. The molecule has 0 saturated heterocycles. The summed E-state index contributed by atoms with van der Waals surface area (Å²) in [6, 6.07) is 0. The molecule has 0 heterocycles. The fourth-order valence-corrected chi connectivity index (χ4v) is 2.28. The fourth-order valence-electron chi connectivity index (χ4n) is 2.28. The first-order valence-electron chi connectivity index (χ1n) is 12.9. The van der Waals surface area contributed by atoms with E-state index in [9.17, 15) is 9.59 Å². The van der Waals surface area contributed by atoms with Crippen molar-refractivity contribution in [1.29, 1.82) is 0 Å². The molecule has 34 heavy (non-hydrogen) atoms. The van der Waals surface area contributed by atoms with Crippen LogP contribution in [0.5, 0.6) is 0 Å². The minimum absolute atomic E-state index is 0.111. The van der Waals surface area contributed by atoms with Gasteiger partial charge in [0.05, 0.1) is 6.61 Å². The van der Waals surface area contributed by atoms with Crippen LogP contribution in [0.4, 0.5) is 0 Å². The van der Waals surface area contributed by atoms with Crippen molar-refractivity contribution < 1.29 is 23.8 Å². The molecule has 0 saturated carbocycles. The average Bonchev–Trinajstić information content (AvgIpc) is 2.83. The number of carbonyl (C=O) groups is 2. The van der Waals surface area contributed by atoms with Gasteiger partial charge in [-0.2, -0.15) is 0 Å². The van der Waals surface area contributed by atoms with Crippen molar-refractivity contribution in [2.75, 3.05) is 87.0 Å². The van der Waals surface area contributed by atoms with Crippen molar-refractivity contribution in [2.45, 2.75) is 65.7 Å². The van der Waals surface area contributed by atoms with Crippen molar-refractivity contribution >= 4 is 11.7 Å². The quantitative estimate of drug-likeness (QED) is 0.170. The molecular formula is C25H56N4O5. The first kappa shape index (κ1) is 37.4. The summed E-state index contributed by atoms with van der Waals surface area (Å²) in [5.74, 6) is 0.356. The molecule has 0 aromatic heterocycles. The van der Waals surface area contributed by atoms with Crippen LogP contribution in [0.3, 0.4) is 0 Å². The van der Waals surface area contributed by atoms with Gasteiger partial charge in [-0.3, -0.25) is 4.79 Å². The Labute approximate surface area is 209 Å². The van der Waals surface area contributed by atoms with E-state index in [1.807, 2.05) is 28.1 Å². The second-order valence-corrected chi connectivity index (χ2v) is 7.72. The van der Waals surface area contributed by atoms with E-state index < -0.39 is 0 Å². The highest BCUT2D eigenvalue weighted by molar-refractivity contribution is 5.75. The van der Waals surface area contributed by atoms with Gasteiger partial charge in [-0.25, -0.2) is 0 Å². The predicted molar refractivity (Wildman–Crippen MR) is 142 cm³/mol. The van der Waals surface area contributed by atoms with Crippen LogP contribution in [0.1, 0.15) is 65.7 Å². The molecule has 0 aromatic carbocycles. The first-order chi connectivity index (χ1) is 16.5. The first-order valence-corrected chi connectivity index (χ1v) is 12.9. The molecule has 0 aliphatic carbocycles. The molecule has 206 valence electrons. The summed E-state index contributed by atoms with van der Waals surface area (Å²) in [5.41, 5.74) is 0. The molecule has 0 bridgehead atoms. The molecule has 9 heteroatoms. The Hall–Kier alpha value is -1.10. The monoisotopic (exact) mass is 492 g/mol. The van der Waals surface area contributed by atoms with E-state index in [0.29, 0.717) is 19.4 Å². The van der Waals surface area contributed by atoms with Gasteiger partial charge < -0.3 is 40.3 Å². The number of Topliss-reactive ketones (excluding diaryl/α,β-unsaturated/α-hetero) is 1. The molecule has 0 aliphatic heterocycles. The lowest BCUT2D eigenvalue weighted by Crippen LogP contribution is -2.24. The fraction of sp³-hybridized carbons (Fsp3) is 0.920. The van der Waals surface area contributed by atoms with Crippen molar-refractivity contribution in [2.24, 2.45) is 0 Å². The molecule has 0 aromatic rings. The summed E-state index contributed by atoms with van der Waals surface area (Å²) < 4.78 is 15.8. The third-order valence-electron chi connectivity index (χ3n) is 4.20. The molecule has 0 unspecified atom stereocenters. The van der Waals surface area contributed by atoms with E-state index in [0.717, 1.165) is 91.3 Å². The molecule has 0 spiro atoms. The maximum Gasteiger partial charge on any atom is 0.219 e. The lowest BCUT2D eigenvalue weighted by Gasteiger charge is -2.05. The van der Waals surface area contributed by atoms with Crippen LogP contribution in [0.2, 0.25) is 0 Å². The van der Waals surface area contributed by atoms with Crippen LogP contribution in [0, 0.1) is 0 Å². The highest BCUT2D eigenvalue weighted by Gasteiger charge is 1.95. The average molecular weight is 493 g/mol. The number of carbonyl (C=O) groups excluding carboxylic acids is 2. The molecular weight excluding hydrogens is 436 g/mol. The minimum atomic E-state index is 0.111. The number of ether oxygens (including phenoxy) is 3. The minimum Gasteiger partial charge on any atom is -0.381 e. The van der Waals surface area contributed by atoms with Crippen LogP contribution in [0.15, 0.2) is 0 Å². The second-order valence-electron chi connectivity index (χ2n) is 7.72. The Morgan fingerprint density at radius 3 is 1.53 bits per heavy atom. The Bertz CT molecular complexity index is 396. The second kappa shape index (κ2) is 36.5. The lowest BCUT2D eigenvalue weighted by atomic mass is 10.2. The molecule has 0 atom stereocenters. The van der Waals surface area contributed by atoms with Crippen LogP contribution in [-0.4, -0.2) is 98.7 Å². The number of likely N-dealkylation sites (N-methyl/N-ethyl adjacent to an activating group) is 1. The molecule has 1 amide bonds. The van der Waals surface area contributed by atoms with E-state index >= 15 is 0 Å². The van der Waals surface area contributed by atoms with Gasteiger partial charge in [-0.05, 0) is 73.3 Å². The lowest BCUT2D eigenvalue weighted by molar-refractivity contribution is -0.121. The molecule has 4 N–H and O–H groups in total. The summed E-state index contributed by atoms with van der Waals surface area (Å²) in [7, 11) is 5.78. The van der Waals surface area contributed by atoms with Crippen molar-refractivity contribution in [3.63, 3.8) is 0 Å². The van der Waals surface area contributed by atoms with Crippen LogP contribution in [0.25, 0.3) is 0 Å². The zero-order chi connectivity index (χ0) is 26.1. The van der Waals surface area contributed by atoms with Gasteiger partial charge in [0.1, 0.15) is 5.78 Å².